The maximum Gasteiger partial charge on any atom is 0.227 e. The SMILES string of the molecule is Cc1cc2c(sc3ccccc32)c(C)c1-c1cc2ccc(-c3ccccc3)nc2o1. The van der Waals surface area contributed by atoms with Gasteiger partial charge < -0.3 is 4.42 Å². The highest BCUT2D eigenvalue weighted by atomic mass is 32.1. The maximum atomic E-state index is 6.29. The van der Waals surface area contributed by atoms with Gasteiger partial charge in [0.2, 0.25) is 5.71 Å². The molecule has 3 heterocycles. The zero-order valence-corrected chi connectivity index (χ0v) is 17.6. The van der Waals surface area contributed by atoms with Crippen molar-refractivity contribution in [2.75, 3.05) is 0 Å². The Morgan fingerprint density at radius 1 is 0.800 bits per heavy atom. The number of nitrogens with zero attached hydrogens (tertiary/aromatic N) is 1. The first kappa shape index (κ1) is 17.4. The van der Waals surface area contributed by atoms with E-state index in [0.29, 0.717) is 5.71 Å². The number of pyridine rings is 1. The van der Waals surface area contributed by atoms with Crippen LogP contribution in [0.4, 0.5) is 0 Å². The Bertz CT molecular complexity index is 1560. The summed E-state index contributed by atoms with van der Waals surface area (Å²) in [6.07, 6.45) is 0. The molecule has 0 fully saturated rings. The van der Waals surface area contributed by atoms with Gasteiger partial charge in [-0.15, -0.1) is 11.3 Å². The van der Waals surface area contributed by atoms with Crippen molar-refractivity contribution < 1.29 is 4.42 Å². The predicted octanol–water partition coefficient (Wildman–Crippen LogP) is 8.15. The lowest BCUT2D eigenvalue weighted by Gasteiger charge is -2.08. The molecule has 30 heavy (non-hydrogen) atoms. The van der Waals surface area contributed by atoms with Crippen LogP contribution >= 0.6 is 11.3 Å². The van der Waals surface area contributed by atoms with Crippen molar-refractivity contribution in [1.29, 1.82) is 0 Å². The van der Waals surface area contributed by atoms with Crippen LogP contribution in [0, 0.1) is 13.8 Å². The molecular weight excluding hydrogens is 386 g/mol. The largest absolute Gasteiger partial charge is 0.438 e. The smallest absolute Gasteiger partial charge is 0.227 e. The van der Waals surface area contributed by atoms with Crippen LogP contribution in [0.3, 0.4) is 0 Å². The lowest BCUT2D eigenvalue weighted by atomic mass is 9.97. The van der Waals surface area contributed by atoms with Crippen molar-refractivity contribution in [2.24, 2.45) is 0 Å². The van der Waals surface area contributed by atoms with Gasteiger partial charge in [-0.3, -0.25) is 0 Å². The van der Waals surface area contributed by atoms with E-state index in [4.69, 9.17) is 9.40 Å². The van der Waals surface area contributed by atoms with Crippen LogP contribution in [0.2, 0.25) is 0 Å². The van der Waals surface area contributed by atoms with E-state index >= 15 is 0 Å². The highest BCUT2D eigenvalue weighted by Gasteiger charge is 2.17. The highest BCUT2D eigenvalue weighted by molar-refractivity contribution is 7.26. The van der Waals surface area contributed by atoms with Gasteiger partial charge in [0.1, 0.15) is 5.76 Å². The summed E-state index contributed by atoms with van der Waals surface area (Å²) in [7, 11) is 0. The average Bonchev–Trinajstić information content (AvgIpc) is 3.35. The van der Waals surface area contributed by atoms with Crippen molar-refractivity contribution in [3.63, 3.8) is 0 Å². The third-order valence-electron chi connectivity index (χ3n) is 5.80. The number of fused-ring (bicyclic) bond motifs is 4. The van der Waals surface area contributed by atoms with E-state index in [2.05, 4.69) is 74.5 Å². The molecule has 0 N–H and O–H groups in total. The molecule has 6 rings (SSSR count). The summed E-state index contributed by atoms with van der Waals surface area (Å²) in [5, 5.41) is 3.68. The predicted molar refractivity (Wildman–Crippen MR) is 127 cm³/mol. The molecule has 3 heteroatoms. The molecule has 0 aliphatic carbocycles. The zero-order valence-electron chi connectivity index (χ0n) is 16.8. The molecule has 0 aliphatic rings. The third-order valence-corrected chi connectivity index (χ3v) is 7.11. The molecular formula is C27H19NOS. The normalized spacial score (nSPS) is 11.7. The second-order valence-corrected chi connectivity index (χ2v) is 8.79. The molecule has 0 spiro atoms. The molecule has 0 aliphatic heterocycles. The molecule has 3 aromatic carbocycles. The van der Waals surface area contributed by atoms with Crippen molar-refractivity contribution in [1.82, 2.24) is 4.98 Å². The number of hydrogen-bond donors (Lipinski definition) is 0. The Morgan fingerprint density at radius 2 is 1.60 bits per heavy atom. The van der Waals surface area contributed by atoms with E-state index in [0.717, 1.165) is 22.4 Å². The van der Waals surface area contributed by atoms with Gasteiger partial charge in [-0.2, -0.15) is 0 Å². The molecule has 0 amide bonds. The second kappa shape index (κ2) is 6.54. The van der Waals surface area contributed by atoms with E-state index in [9.17, 15) is 0 Å². The van der Waals surface area contributed by atoms with Gasteiger partial charge >= 0.3 is 0 Å². The lowest BCUT2D eigenvalue weighted by Crippen LogP contribution is -1.87. The molecule has 3 aromatic heterocycles. The summed E-state index contributed by atoms with van der Waals surface area (Å²) in [6, 6.07) is 27.4. The fourth-order valence-electron chi connectivity index (χ4n) is 4.37. The van der Waals surface area contributed by atoms with E-state index in [1.165, 1.54) is 36.9 Å². The second-order valence-electron chi connectivity index (χ2n) is 7.74. The summed E-state index contributed by atoms with van der Waals surface area (Å²) < 4.78 is 8.95. The standard InChI is InChI=1S/C27H19NOS/c1-16-14-21-20-10-6-7-11-24(20)30-26(21)17(2)25(16)23-15-19-12-13-22(28-27(19)29-23)18-8-4-3-5-9-18/h3-15H,1-2H3. The first-order chi connectivity index (χ1) is 14.7. The summed E-state index contributed by atoms with van der Waals surface area (Å²) >= 11 is 1.86. The van der Waals surface area contributed by atoms with Crippen molar-refractivity contribution in [3.05, 3.63) is 90.0 Å². The first-order valence-corrected chi connectivity index (χ1v) is 10.9. The summed E-state index contributed by atoms with van der Waals surface area (Å²) in [5.41, 5.74) is 6.38. The van der Waals surface area contributed by atoms with Gasteiger partial charge in [0.15, 0.2) is 0 Å². The molecule has 144 valence electrons. The minimum absolute atomic E-state index is 0.682. The Kier molecular flexibility index (Phi) is 3.80. The zero-order chi connectivity index (χ0) is 20.2. The van der Waals surface area contributed by atoms with Crippen molar-refractivity contribution >= 4 is 42.6 Å². The van der Waals surface area contributed by atoms with Crippen LogP contribution in [0.5, 0.6) is 0 Å². The Labute approximate surface area is 178 Å². The summed E-state index contributed by atoms with van der Waals surface area (Å²) in [5.74, 6) is 0.886. The minimum atomic E-state index is 0.682. The number of hydrogen-bond acceptors (Lipinski definition) is 3. The van der Waals surface area contributed by atoms with Gasteiger partial charge in [0.25, 0.3) is 0 Å². The number of thiophene rings is 1. The number of aryl methyl sites for hydroxylation is 2. The first-order valence-electron chi connectivity index (χ1n) is 10.1. The quantitative estimate of drug-likeness (QED) is 0.290. The van der Waals surface area contributed by atoms with Crippen molar-refractivity contribution in [3.8, 4) is 22.6 Å². The molecule has 0 radical (unpaired) electrons. The van der Waals surface area contributed by atoms with Crippen LogP contribution in [-0.2, 0) is 0 Å². The highest BCUT2D eigenvalue weighted by Crippen LogP contribution is 2.42. The molecule has 0 saturated carbocycles. The topological polar surface area (TPSA) is 26.0 Å². The fourth-order valence-corrected chi connectivity index (χ4v) is 5.56. The van der Waals surface area contributed by atoms with Gasteiger partial charge in [0.05, 0.1) is 5.69 Å². The van der Waals surface area contributed by atoms with E-state index in [1.54, 1.807) is 0 Å². The van der Waals surface area contributed by atoms with Crippen LogP contribution in [0.15, 0.2) is 83.3 Å². The van der Waals surface area contributed by atoms with Gasteiger partial charge in [0, 0.05) is 36.7 Å². The number of benzene rings is 3. The minimum Gasteiger partial charge on any atom is -0.438 e. The molecule has 0 unspecified atom stereocenters. The van der Waals surface area contributed by atoms with Crippen LogP contribution in [-0.4, -0.2) is 4.98 Å². The number of furan rings is 1. The molecule has 2 nitrogen and oxygen atoms in total. The Hall–Kier alpha value is -3.43. The van der Waals surface area contributed by atoms with Crippen molar-refractivity contribution in [2.45, 2.75) is 13.8 Å². The van der Waals surface area contributed by atoms with E-state index < -0.39 is 0 Å². The number of rotatable bonds is 2. The van der Waals surface area contributed by atoms with Gasteiger partial charge in [-0.25, -0.2) is 4.98 Å². The van der Waals surface area contributed by atoms with Gasteiger partial charge in [-0.1, -0.05) is 48.5 Å². The molecule has 6 aromatic rings. The molecule has 0 bridgehead atoms. The number of aromatic nitrogens is 1. The third kappa shape index (κ3) is 2.59. The maximum absolute atomic E-state index is 6.29. The van der Waals surface area contributed by atoms with Gasteiger partial charge in [-0.05, 0) is 55.3 Å². The van der Waals surface area contributed by atoms with E-state index in [1.807, 2.05) is 29.5 Å². The fraction of sp³-hybridized carbons (Fsp3) is 0.0741. The lowest BCUT2D eigenvalue weighted by molar-refractivity contribution is 0.618. The molecule has 0 atom stereocenters. The summed E-state index contributed by atoms with van der Waals surface area (Å²) in [4.78, 5) is 4.78. The average molecular weight is 406 g/mol. The van der Waals surface area contributed by atoms with Crippen LogP contribution < -0.4 is 0 Å². The molecule has 0 saturated heterocycles. The van der Waals surface area contributed by atoms with E-state index in [-0.39, 0.29) is 0 Å². The Morgan fingerprint density at radius 3 is 2.47 bits per heavy atom. The Balaban J connectivity index is 1.55. The summed E-state index contributed by atoms with van der Waals surface area (Å²) in [6.45, 7) is 4.38. The monoisotopic (exact) mass is 405 g/mol. The van der Waals surface area contributed by atoms with Crippen LogP contribution in [0.25, 0.3) is 53.9 Å². The van der Waals surface area contributed by atoms with Crippen LogP contribution in [0.1, 0.15) is 11.1 Å².